The van der Waals surface area contributed by atoms with Crippen LogP contribution in [0, 0.1) is 11.8 Å². The van der Waals surface area contributed by atoms with Crippen LogP contribution in [0.4, 0.5) is 4.39 Å². The molecule has 2 aliphatic heterocycles. The van der Waals surface area contributed by atoms with Crippen molar-refractivity contribution in [3.63, 3.8) is 0 Å². The van der Waals surface area contributed by atoms with E-state index in [9.17, 15) is 28.4 Å². The monoisotopic (exact) mass is 602 g/mol. The Bertz CT molecular complexity index is 1220. The van der Waals surface area contributed by atoms with Crippen molar-refractivity contribution in [1.29, 1.82) is 0 Å². The van der Waals surface area contributed by atoms with E-state index < -0.39 is 41.9 Å². The normalized spacial score (nSPS) is 19.0. The number of rotatable bonds is 10. The summed E-state index contributed by atoms with van der Waals surface area (Å²) >= 11 is 0. The fourth-order valence-corrected chi connectivity index (χ4v) is 5.14. The first kappa shape index (κ1) is 33.7. The smallest absolute Gasteiger partial charge is 0.307 e. The lowest BCUT2D eigenvalue weighted by Crippen LogP contribution is -2.55. The lowest BCUT2D eigenvalue weighted by molar-refractivity contribution is -0.140. The van der Waals surface area contributed by atoms with Crippen LogP contribution in [0.1, 0.15) is 75.1 Å². The predicted octanol–water partition coefficient (Wildman–Crippen LogP) is 2.81. The Morgan fingerprint density at radius 3 is 2.09 bits per heavy atom. The number of hydrogen-bond acceptors (Lipinski definition) is 7. The van der Waals surface area contributed by atoms with Crippen LogP contribution in [0.5, 0.6) is 0 Å². The maximum atomic E-state index is 14.4. The number of hydrogen-bond donors (Lipinski definition) is 2. The first-order valence-electron chi connectivity index (χ1n) is 14.8. The zero-order valence-electron chi connectivity index (χ0n) is 25.8. The average Bonchev–Trinajstić information content (AvgIpc) is 3.47. The molecule has 2 aliphatic rings. The molecule has 2 saturated heterocycles. The molecule has 0 bridgehead atoms. The van der Waals surface area contributed by atoms with E-state index in [1.807, 2.05) is 0 Å². The van der Waals surface area contributed by atoms with E-state index in [2.05, 4.69) is 10.6 Å². The standard InChI is InChI=1S/C31H43FN4O7/c1-18(2)25(27(20(5)32)43-21(6)37)33-29(39)24-8-7-13-36(24)31(41)26(19(3)4)34-28(38)22-9-11-23(12-10-22)30(40)35-14-16-42-17-15-35/h9-12,18-20,24,26H,7-8,13-17H2,1-6H3,(H,33,39)(H,34,38)/b27-25+/t20?,24-,26-/m0/s1. The molecule has 2 N–H and O–H groups in total. The molecule has 1 aromatic rings. The van der Waals surface area contributed by atoms with Gasteiger partial charge in [-0.15, -0.1) is 0 Å². The number of halogens is 1. The predicted molar refractivity (Wildman–Crippen MR) is 156 cm³/mol. The number of carbonyl (C=O) groups excluding carboxylic acids is 5. The third-order valence-electron chi connectivity index (χ3n) is 7.47. The van der Waals surface area contributed by atoms with Crippen molar-refractivity contribution in [1.82, 2.24) is 20.4 Å². The Morgan fingerprint density at radius 1 is 0.953 bits per heavy atom. The quantitative estimate of drug-likeness (QED) is 0.311. The Morgan fingerprint density at radius 2 is 1.56 bits per heavy atom. The SMILES string of the molecule is CC(=O)O/C(=C(/NC(=O)[C@@H]1CCCN1C(=O)[C@@H](NC(=O)c1ccc(C(=O)N2CCOCC2)cc1)C(C)C)C(C)C)C(C)F. The molecule has 0 saturated carbocycles. The van der Waals surface area contributed by atoms with Gasteiger partial charge in [-0.1, -0.05) is 27.7 Å². The summed E-state index contributed by atoms with van der Waals surface area (Å²) in [7, 11) is 0. The summed E-state index contributed by atoms with van der Waals surface area (Å²) in [6, 6.07) is 4.49. The average molecular weight is 603 g/mol. The lowest BCUT2D eigenvalue weighted by atomic mass is 10.0. The third-order valence-corrected chi connectivity index (χ3v) is 7.47. The number of amides is 4. The molecule has 3 rings (SSSR count). The van der Waals surface area contributed by atoms with Crippen LogP contribution in [0.3, 0.4) is 0 Å². The van der Waals surface area contributed by atoms with Gasteiger partial charge in [0.1, 0.15) is 12.1 Å². The van der Waals surface area contributed by atoms with Crippen LogP contribution >= 0.6 is 0 Å². The minimum atomic E-state index is -1.64. The van der Waals surface area contributed by atoms with Gasteiger partial charge >= 0.3 is 5.97 Å². The van der Waals surface area contributed by atoms with E-state index in [0.717, 1.165) is 6.92 Å². The van der Waals surface area contributed by atoms with Gasteiger partial charge in [-0.25, -0.2) is 4.39 Å². The maximum Gasteiger partial charge on any atom is 0.307 e. The van der Waals surface area contributed by atoms with Gasteiger partial charge in [0.25, 0.3) is 11.8 Å². The van der Waals surface area contributed by atoms with Crippen LogP contribution in [0.25, 0.3) is 0 Å². The van der Waals surface area contributed by atoms with Crippen molar-refractivity contribution in [3.8, 4) is 0 Å². The highest BCUT2D eigenvalue weighted by molar-refractivity contribution is 6.00. The van der Waals surface area contributed by atoms with Gasteiger partial charge in [-0.2, -0.15) is 0 Å². The number of nitrogens with one attached hydrogen (secondary N) is 2. The molecule has 3 atom stereocenters. The van der Waals surface area contributed by atoms with Gasteiger partial charge in [0.05, 0.1) is 18.9 Å². The van der Waals surface area contributed by atoms with E-state index in [-0.39, 0.29) is 34.8 Å². The highest BCUT2D eigenvalue weighted by Gasteiger charge is 2.39. The molecule has 1 unspecified atom stereocenters. The van der Waals surface area contributed by atoms with Crippen LogP contribution in [0.2, 0.25) is 0 Å². The molecule has 0 spiro atoms. The zero-order valence-corrected chi connectivity index (χ0v) is 25.8. The van der Waals surface area contributed by atoms with Crippen molar-refractivity contribution >= 4 is 29.6 Å². The van der Waals surface area contributed by atoms with Crippen molar-refractivity contribution in [2.45, 2.75) is 72.6 Å². The summed E-state index contributed by atoms with van der Waals surface area (Å²) in [5.74, 6) is -3.19. The summed E-state index contributed by atoms with van der Waals surface area (Å²) in [6.45, 7) is 11.7. The van der Waals surface area contributed by atoms with Gasteiger partial charge in [-0.3, -0.25) is 24.0 Å². The molecule has 0 aliphatic carbocycles. The van der Waals surface area contributed by atoms with E-state index in [1.165, 1.54) is 11.8 Å². The molecule has 12 heteroatoms. The molecule has 11 nitrogen and oxygen atoms in total. The largest absolute Gasteiger partial charge is 0.426 e. The van der Waals surface area contributed by atoms with Gasteiger partial charge < -0.3 is 29.9 Å². The van der Waals surface area contributed by atoms with E-state index in [1.54, 1.807) is 56.9 Å². The molecule has 2 heterocycles. The fourth-order valence-electron chi connectivity index (χ4n) is 5.14. The topological polar surface area (TPSA) is 134 Å². The van der Waals surface area contributed by atoms with Gasteiger partial charge in [0.15, 0.2) is 11.9 Å². The zero-order chi connectivity index (χ0) is 31.8. The number of esters is 1. The summed E-state index contributed by atoms with van der Waals surface area (Å²) in [4.78, 5) is 67.7. The fraction of sp³-hybridized carbons (Fsp3) is 0.581. The molecule has 0 radical (unpaired) electrons. The Balaban J connectivity index is 1.73. The minimum Gasteiger partial charge on any atom is -0.426 e. The summed E-state index contributed by atoms with van der Waals surface area (Å²) < 4.78 is 24.7. The molecule has 4 amide bonds. The number of likely N-dealkylation sites (tertiary alicyclic amines) is 1. The van der Waals surface area contributed by atoms with E-state index in [0.29, 0.717) is 51.3 Å². The van der Waals surface area contributed by atoms with Crippen molar-refractivity contribution < 1.29 is 37.8 Å². The lowest BCUT2D eigenvalue weighted by Gasteiger charge is -2.31. The first-order chi connectivity index (χ1) is 20.3. The van der Waals surface area contributed by atoms with E-state index in [4.69, 9.17) is 9.47 Å². The first-order valence-corrected chi connectivity index (χ1v) is 14.8. The molecule has 43 heavy (non-hydrogen) atoms. The number of allylic oxidation sites excluding steroid dienone is 2. The van der Waals surface area contributed by atoms with Crippen LogP contribution in [-0.4, -0.2) is 90.5 Å². The number of alkyl halides is 1. The molecule has 2 fully saturated rings. The van der Waals surface area contributed by atoms with Crippen LogP contribution in [0.15, 0.2) is 35.7 Å². The second-order valence-corrected chi connectivity index (χ2v) is 11.5. The van der Waals surface area contributed by atoms with Crippen molar-refractivity contribution in [3.05, 3.63) is 46.8 Å². The van der Waals surface area contributed by atoms with Gasteiger partial charge in [0.2, 0.25) is 11.8 Å². The minimum absolute atomic E-state index is 0.138. The Labute approximate surface area is 252 Å². The highest BCUT2D eigenvalue weighted by atomic mass is 19.1. The number of morpholine rings is 1. The summed E-state index contributed by atoms with van der Waals surface area (Å²) in [5.41, 5.74) is 0.881. The maximum absolute atomic E-state index is 14.4. The molecule has 236 valence electrons. The van der Waals surface area contributed by atoms with E-state index >= 15 is 0 Å². The third kappa shape index (κ3) is 8.62. The number of benzene rings is 1. The second-order valence-electron chi connectivity index (χ2n) is 11.5. The molecule has 0 aromatic heterocycles. The highest BCUT2D eigenvalue weighted by Crippen LogP contribution is 2.24. The van der Waals surface area contributed by atoms with Crippen LogP contribution in [-0.2, 0) is 23.9 Å². The number of nitrogens with zero attached hydrogens (tertiary/aromatic N) is 2. The van der Waals surface area contributed by atoms with Crippen LogP contribution < -0.4 is 10.6 Å². The van der Waals surface area contributed by atoms with Gasteiger partial charge in [0, 0.05) is 37.7 Å². The number of ether oxygens (including phenoxy) is 2. The van der Waals surface area contributed by atoms with Crippen molar-refractivity contribution in [2.24, 2.45) is 11.8 Å². The Hall–Kier alpha value is -3.80. The molecular formula is C31H43FN4O7. The molecular weight excluding hydrogens is 559 g/mol. The Kier molecular flexibility index (Phi) is 11.8. The second kappa shape index (κ2) is 15.1. The summed E-state index contributed by atoms with van der Waals surface area (Å²) in [6.07, 6.45) is -0.692. The van der Waals surface area contributed by atoms with Crippen molar-refractivity contribution in [2.75, 3.05) is 32.8 Å². The molecule has 1 aromatic carbocycles. The van der Waals surface area contributed by atoms with Gasteiger partial charge in [-0.05, 0) is 55.9 Å². The summed E-state index contributed by atoms with van der Waals surface area (Å²) in [5, 5.41) is 5.51. The number of carbonyl (C=O) groups is 5.